The Kier molecular flexibility index (Phi) is 3.32. The Morgan fingerprint density at radius 3 is 2.50 bits per heavy atom. The first-order chi connectivity index (χ1) is 5.70. The van der Waals surface area contributed by atoms with Crippen molar-refractivity contribution in [3.05, 3.63) is 30.3 Å². The summed E-state index contributed by atoms with van der Waals surface area (Å²) in [6.45, 7) is 1.75. The van der Waals surface area contributed by atoms with E-state index in [1.165, 1.54) is 0 Å². The van der Waals surface area contributed by atoms with Crippen LogP contribution in [0.25, 0.3) is 0 Å². The van der Waals surface area contributed by atoms with Gasteiger partial charge in [0.05, 0.1) is 0 Å². The van der Waals surface area contributed by atoms with E-state index < -0.39 is 5.97 Å². The fourth-order valence-corrected chi connectivity index (χ4v) is 2.48. The average molecular weight is 229 g/mol. The van der Waals surface area contributed by atoms with Crippen LogP contribution in [0.2, 0.25) is 4.82 Å². The van der Waals surface area contributed by atoms with E-state index in [-0.39, 0.29) is 19.8 Å². The molecule has 1 atom stereocenters. The molecule has 0 radical (unpaired) electrons. The standard InChI is InChI=1S/C9H10O2Se/c1-7(9(10)11)12-8-5-3-2-4-6-8/h2-7H,1H3,(H,10,11)/t7-/m1/s1. The van der Waals surface area contributed by atoms with Crippen LogP contribution in [0, 0.1) is 0 Å². The van der Waals surface area contributed by atoms with Crippen LogP contribution in [0.1, 0.15) is 6.92 Å². The molecule has 1 rings (SSSR count). The van der Waals surface area contributed by atoms with E-state index >= 15 is 0 Å². The van der Waals surface area contributed by atoms with Crippen molar-refractivity contribution in [2.24, 2.45) is 0 Å². The van der Waals surface area contributed by atoms with Gasteiger partial charge in [-0.2, -0.15) is 0 Å². The summed E-state index contributed by atoms with van der Waals surface area (Å²) in [5.74, 6) is -0.709. The molecule has 0 aliphatic carbocycles. The zero-order valence-electron chi connectivity index (χ0n) is 6.73. The van der Waals surface area contributed by atoms with Crippen molar-refractivity contribution in [2.75, 3.05) is 0 Å². The molecule has 1 N–H and O–H groups in total. The van der Waals surface area contributed by atoms with Crippen LogP contribution in [-0.2, 0) is 4.79 Å². The number of hydrogen-bond acceptors (Lipinski definition) is 1. The quantitative estimate of drug-likeness (QED) is 0.782. The second-order valence-corrected chi connectivity index (χ2v) is 5.38. The summed E-state index contributed by atoms with van der Waals surface area (Å²) in [5, 5.41) is 8.66. The summed E-state index contributed by atoms with van der Waals surface area (Å²) >= 11 is 0.0487. The minimum atomic E-state index is -0.709. The predicted octanol–water partition coefficient (Wildman–Crippen LogP) is 0.909. The molecule has 0 heterocycles. The normalized spacial score (nSPS) is 12.4. The van der Waals surface area contributed by atoms with Gasteiger partial charge in [0.15, 0.2) is 0 Å². The van der Waals surface area contributed by atoms with Gasteiger partial charge < -0.3 is 0 Å². The van der Waals surface area contributed by atoms with Gasteiger partial charge in [0, 0.05) is 0 Å². The zero-order chi connectivity index (χ0) is 8.97. The van der Waals surface area contributed by atoms with E-state index in [2.05, 4.69) is 0 Å². The summed E-state index contributed by atoms with van der Waals surface area (Å²) < 4.78 is 1.14. The molecule has 1 aromatic rings. The van der Waals surface area contributed by atoms with Gasteiger partial charge in [-0.25, -0.2) is 0 Å². The van der Waals surface area contributed by atoms with E-state index in [0.717, 1.165) is 4.46 Å². The fourth-order valence-electron chi connectivity index (χ4n) is 0.754. The third-order valence-corrected chi connectivity index (χ3v) is 3.71. The van der Waals surface area contributed by atoms with E-state index in [1.807, 2.05) is 30.3 Å². The van der Waals surface area contributed by atoms with Crippen LogP contribution in [-0.4, -0.2) is 26.0 Å². The molecule has 0 aliphatic heterocycles. The molecule has 0 amide bonds. The van der Waals surface area contributed by atoms with Crippen LogP contribution in [0.15, 0.2) is 30.3 Å². The van der Waals surface area contributed by atoms with Crippen molar-refractivity contribution in [1.29, 1.82) is 0 Å². The molecule has 64 valence electrons. The Labute approximate surface area is 77.8 Å². The van der Waals surface area contributed by atoms with Crippen LogP contribution in [0.4, 0.5) is 0 Å². The first kappa shape index (κ1) is 9.30. The summed E-state index contributed by atoms with van der Waals surface area (Å²) in [4.78, 5) is 10.3. The van der Waals surface area contributed by atoms with Crippen molar-refractivity contribution < 1.29 is 9.90 Å². The monoisotopic (exact) mass is 230 g/mol. The number of benzene rings is 1. The second kappa shape index (κ2) is 4.29. The van der Waals surface area contributed by atoms with Gasteiger partial charge >= 0.3 is 77.4 Å². The van der Waals surface area contributed by atoms with Crippen molar-refractivity contribution in [2.45, 2.75) is 11.7 Å². The molecule has 0 saturated heterocycles. The molecule has 0 aromatic heterocycles. The third kappa shape index (κ3) is 2.68. The SMILES string of the molecule is C[C@@H]([Se]c1ccccc1)C(=O)O. The molecule has 1 aromatic carbocycles. The predicted molar refractivity (Wildman–Crippen MR) is 48.9 cm³/mol. The molecule has 0 aliphatic rings. The Morgan fingerprint density at radius 1 is 1.42 bits per heavy atom. The number of hydrogen-bond donors (Lipinski definition) is 1. The molecular weight excluding hydrogens is 219 g/mol. The second-order valence-electron chi connectivity index (χ2n) is 2.41. The third-order valence-electron chi connectivity index (χ3n) is 1.40. The molecule has 2 nitrogen and oxygen atoms in total. The van der Waals surface area contributed by atoms with Crippen molar-refractivity contribution in [3.8, 4) is 0 Å². The van der Waals surface area contributed by atoms with Gasteiger partial charge in [-0.1, -0.05) is 0 Å². The van der Waals surface area contributed by atoms with E-state index in [4.69, 9.17) is 5.11 Å². The van der Waals surface area contributed by atoms with Crippen molar-refractivity contribution in [3.63, 3.8) is 0 Å². The molecular formula is C9H10O2Se. The number of carboxylic acid groups (broad SMARTS) is 1. The van der Waals surface area contributed by atoms with Gasteiger partial charge in [0.25, 0.3) is 0 Å². The Balaban J connectivity index is 2.58. The van der Waals surface area contributed by atoms with E-state index in [9.17, 15) is 4.79 Å². The van der Waals surface area contributed by atoms with Crippen LogP contribution >= 0.6 is 0 Å². The zero-order valence-corrected chi connectivity index (χ0v) is 8.44. The summed E-state index contributed by atoms with van der Waals surface area (Å²) in [5.41, 5.74) is 0. The molecule has 0 saturated carbocycles. The maximum absolute atomic E-state index is 10.5. The topological polar surface area (TPSA) is 37.3 Å². The minimum absolute atomic E-state index is 0.0487. The number of carbonyl (C=O) groups is 1. The van der Waals surface area contributed by atoms with E-state index in [1.54, 1.807) is 6.92 Å². The Bertz CT molecular complexity index is 258. The molecule has 0 unspecified atom stereocenters. The average Bonchev–Trinajstić information content (AvgIpc) is 2.06. The van der Waals surface area contributed by atoms with Gasteiger partial charge in [0.1, 0.15) is 0 Å². The van der Waals surface area contributed by atoms with Gasteiger partial charge in [0.2, 0.25) is 0 Å². The van der Waals surface area contributed by atoms with Crippen molar-refractivity contribution in [1.82, 2.24) is 0 Å². The summed E-state index contributed by atoms with van der Waals surface area (Å²) in [6, 6.07) is 9.75. The van der Waals surface area contributed by atoms with Crippen LogP contribution in [0.3, 0.4) is 0 Å². The van der Waals surface area contributed by atoms with E-state index in [0.29, 0.717) is 0 Å². The molecule has 0 bridgehead atoms. The van der Waals surface area contributed by atoms with Crippen LogP contribution < -0.4 is 4.46 Å². The van der Waals surface area contributed by atoms with Gasteiger partial charge in [-0.05, 0) is 0 Å². The van der Waals surface area contributed by atoms with Crippen LogP contribution in [0.5, 0.6) is 0 Å². The first-order valence-electron chi connectivity index (χ1n) is 3.64. The number of aliphatic carboxylic acids is 1. The fraction of sp³-hybridized carbons (Fsp3) is 0.222. The first-order valence-corrected chi connectivity index (χ1v) is 5.49. The number of rotatable bonds is 3. The number of carboxylic acids is 1. The summed E-state index contributed by atoms with van der Waals surface area (Å²) in [6.07, 6.45) is 0. The van der Waals surface area contributed by atoms with Crippen molar-refractivity contribution >= 4 is 25.4 Å². The molecule has 12 heavy (non-hydrogen) atoms. The summed E-state index contributed by atoms with van der Waals surface area (Å²) in [7, 11) is 0. The van der Waals surface area contributed by atoms with Gasteiger partial charge in [-0.15, -0.1) is 0 Å². The molecule has 0 spiro atoms. The Morgan fingerprint density at radius 2 is 2.00 bits per heavy atom. The molecule has 3 heteroatoms. The maximum atomic E-state index is 10.5. The Hall–Kier alpha value is -0.791. The molecule has 0 fully saturated rings. The van der Waals surface area contributed by atoms with Gasteiger partial charge in [-0.3, -0.25) is 0 Å².